The molecule has 0 bridgehead atoms. The highest BCUT2D eigenvalue weighted by Gasteiger charge is 2.28. The van der Waals surface area contributed by atoms with E-state index < -0.39 is 0 Å². The lowest BCUT2D eigenvalue weighted by Crippen LogP contribution is -2.35. The number of nitrogens with one attached hydrogen (secondary N) is 1. The van der Waals surface area contributed by atoms with Crippen molar-refractivity contribution in [1.82, 2.24) is 10.2 Å². The molecule has 118 valence electrons. The van der Waals surface area contributed by atoms with Crippen molar-refractivity contribution in [3.63, 3.8) is 0 Å². The Kier molecular flexibility index (Phi) is 5.83. The van der Waals surface area contributed by atoms with Gasteiger partial charge in [0.1, 0.15) is 0 Å². The summed E-state index contributed by atoms with van der Waals surface area (Å²) in [6, 6.07) is 7.34. The second-order valence-electron chi connectivity index (χ2n) is 7.04. The molecule has 1 fully saturated rings. The third kappa shape index (κ3) is 4.31. The second-order valence-corrected chi connectivity index (χ2v) is 7.04. The number of aryl methyl sites for hydroxylation is 2. The van der Waals surface area contributed by atoms with Gasteiger partial charge in [0.05, 0.1) is 0 Å². The Labute approximate surface area is 130 Å². The SMILES string of the molecule is CCCNC(CN1CC(C)C(C)C1)c1ccc(C)cc1C. The molecular weight excluding hydrogens is 256 g/mol. The van der Waals surface area contributed by atoms with Crippen LogP contribution in [0.5, 0.6) is 0 Å². The fraction of sp³-hybridized carbons (Fsp3) is 0.684. The Morgan fingerprint density at radius 1 is 1.19 bits per heavy atom. The molecule has 1 aliphatic heterocycles. The molecule has 3 unspecified atom stereocenters. The van der Waals surface area contributed by atoms with Gasteiger partial charge in [-0.2, -0.15) is 0 Å². The van der Waals surface area contributed by atoms with Gasteiger partial charge in [-0.05, 0) is 49.8 Å². The average molecular weight is 288 g/mol. The number of rotatable bonds is 6. The van der Waals surface area contributed by atoms with Gasteiger partial charge >= 0.3 is 0 Å². The Balaban J connectivity index is 2.10. The van der Waals surface area contributed by atoms with Gasteiger partial charge in [0.2, 0.25) is 0 Å². The van der Waals surface area contributed by atoms with Crippen LogP contribution in [0, 0.1) is 25.7 Å². The van der Waals surface area contributed by atoms with Crippen molar-refractivity contribution >= 4 is 0 Å². The van der Waals surface area contributed by atoms with E-state index in [1.165, 1.54) is 36.2 Å². The third-order valence-electron chi connectivity index (χ3n) is 4.95. The van der Waals surface area contributed by atoms with Crippen molar-refractivity contribution < 1.29 is 0 Å². The molecule has 2 nitrogen and oxygen atoms in total. The van der Waals surface area contributed by atoms with Crippen molar-refractivity contribution in [2.75, 3.05) is 26.2 Å². The first-order chi connectivity index (χ1) is 10.0. The van der Waals surface area contributed by atoms with Gasteiger partial charge in [0.15, 0.2) is 0 Å². The van der Waals surface area contributed by atoms with E-state index in [2.05, 4.69) is 63.0 Å². The maximum Gasteiger partial charge on any atom is 0.0451 e. The van der Waals surface area contributed by atoms with Crippen LogP contribution < -0.4 is 5.32 Å². The molecule has 1 aliphatic rings. The van der Waals surface area contributed by atoms with Crippen LogP contribution in [0.4, 0.5) is 0 Å². The van der Waals surface area contributed by atoms with Crippen molar-refractivity contribution in [1.29, 1.82) is 0 Å². The molecule has 1 N–H and O–H groups in total. The van der Waals surface area contributed by atoms with Crippen LogP contribution in [-0.4, -0.2) is 31.1 Å². The molecule has 0 saturated carbocycles. The minimum absolute atomic E-state index is 0.461. The second kappa shape index (κ2) is 7.42. The highest BCUT2D eigenvalue weighted by molar-refractivity contribution is 5.33. The summed E-state index contributed by atoms with van der Waals surface area (Å²) < 4.78 is 0. The molecule has 0 aliphatic carbocycles. The van der Waals surface area contributed by atoms with Crippen molar-refractivity contribution in [2.45, 2.75) is 47.1 Å². The maximum absolute atomic E-state index is 3.76. The lowest BCUT2D eigenvalue weighted by Gasteiger charge is -2.26. The normalized spacial score (nSPS) is 24.4. The van der Waals surface area contributed by atoms with Crippen LogP contribution in [0.1, 0.15) is 49.9 Å². The molecule has 0 spiro atoms. The Morgan fingerprint density at radius 2 is 1.86 bits per heavy atom. The summed E-state index contributed by atoms with van der Waals surface area (Å²) >= 11 is 0. The van der Waals surface area contributed by atoms with Crippen molar-refractivity contribution in [3.8, 4) is 0 Å². The zero-order valence-electron chi connectivity index (χ0n) is 14.4. The molecule has 1 saturated heterocycles. The topological polar surface area (TPSA) is 15.3 Å². The fourth-order valence-corrected chi connectivity index (χ4v) is 3.46. The van der Waals surface area contributed by atoms with E-state index in [-0.39, 0.29) is 0 Å². The average Bonchev–Trinajstić information content (AvgIpc) is 2.74. The van der Waals surface area contributed by atoms with Gasteiger partial charge in [0.25, 0.3) is 0 Å². The van der Waals surface area contributed by atoms with Crippen LogP contribution in [0.2, 0.25) is 0 Å². The van der Waals surface area contributed by atoms with E-state index in [9.17, 15) is 0 Å². The van der Waals surface area contributed by atoms with Crippen LogP contribution in [0.3, 0.4) is 0 Å². The Hall–Kier alpha value is -0.860. The molecule has 0 radical (unpaired) electrons. The van der Waals surface area contributed by atoms with Crippen LogP contribution in [0.25, 0.3) is 0 Å². The van der Waals surface area contributed by atoms with Gasteiger partial charge in [-0.15, -0.1) is 0 Å². The van der Waals surface area contributed by atoms with Gasteiger partial charge in [-0.1, -0.05) is 44.5 Å². The summed E-state index contributed by atoms with van der Waals surface area (Å²) in [5.74, 6) is 1.66. The third-order valence-corrected chi connectivity index (χ3v) is 4.95. The first-order valence-corrected chi connectivity index (χ1v) is 8.54. The van der Waals surface area contributed by atoms with E-state index in [0.29, 0.717) is 6.04 Å². The highest BCUT2D eigenvalue weighted by Crippen LogP contribution is 2.26. The lowest BCUT2D eigenvalue weighted by atomic mass is 9.98. The summed E-state index contributed by atoms with van der Waals surface area (Å²) in [6.07, 6.45) is 1.19. The molecule has 2 rings (SSSR count). The van der Waals surface area contributed by atoms with Gasteiger partial charge in [0, 0.05) is 25.7 Å². The maximum atomic E-state index is 3.76. The molecule has 0 amide bonds. The molecule has 0 aromatic heterocycles. The smallest absolute Gasteiger partial charge is 0.0451 e. The van der Waals surface area contributed by atoms with Gasteiger partial charge in [-0.25, -0.2) is 0 Å². The van der Waals surface area contributed by atoms with Gasteiger partial charge < -0.3 is 10.2 Å². The molecule has 21 heavy (non-hydrogen) atoms. The number of nitrogens with zero attached hydrogens (tertiary/aromatic N) is 1. The quantitative estimate of drug-likeness (QED) is 0.853. The standard InChI is InChI=1S/C19H32N2/c1-6-9-20-19(13-21-11-16(4)17(5)12-21)18-8-7-14(2)10-15(18)3/h7-8,10,16-17,19-20H,6,9,11-13H2,1-5H3. The molecular formula is C19H32N2. The zero-order valence-corrected chi connectivity index (χ0v) is 14.4. The van der Waals surface area contributed by atoms with E-state index >= 15 is 0 Å². The summed E-state index contributed by atoms with van der Waals surface area (Å²) in [6.45, 7) is 16.2. The zero-order chi connectivity index (χ0) is 15.4. The minimum Gasteiger partial charge on any atom is -0.309 e. The van der Waals surface area contributed by atoms with Crippen LogP contribution in [-0.2, 0) is 0 Å². The molecule has 2 heteroatoms. The fourth-order valence-electron chi connectivity index (χ4n) is 3.46. The number of benzene rings is 1. The summed E-state index contributed by atoms with van der Waals surface area (Å²) in [7, 11) is 0. The summed E-state index contributed by atoms with van der Waals surface area (Å²) in [5.41, 5.74) is 4.25. The first-order valence-electron chi connectivity index (χ1n) is 8.54. The lowest BCUT2D eigenvalue weighted by molar-refractivity contribution is 0.281. The number of hydrogen-bond donors (Lipinski definition) is 1. The van der Waals surface area contributed by atoms with Crippen molar-refractivity contribution in [3.05, 3.63) is 34.9 Å². The van der Waals surface area contributed by atoms with E-state index in [1.807, 2.05) is 0 Å². The Morgan fingerprint density at radius 3 is 2.43 bits per heavy atom. The summed E-state index contributed by atoms with van der Waals surface area (Å²) in [5, 5.41) is 3.76. The molecule has 3 atom stereocenters. The first kappa shape index (κ1) is 16.5. The number of likely N-dealkylation sites (tertiary alicyclic amines) is 1. The molecule has 1 aromatic carbocycles. The Bertz CT molecular complexity index is 445. The predicted octanol–water partition coefficient (Wildman–Crippen LogP) is 3.93. The monoisotopic (exact) mass is 288 g/mol. The highest BCUT2D eigenvalue weighted by atomic mass is 15.2. The van der Waals surface area contributed by atoms with Crippen molar-refractivity contribution in [2.24, 2.45) is 11.8 Å². The molecule has 1 aromatic rings. The van der Waals surface area contributed by atoms with E-state index in [0.717, 1.165) is 24.9 Å². The minimum atomic E-state index is 0.461. The van der Waals surface area contributed by atoms with E-state index in [1.54, 1.807) is 0 Å². The predicted molar refractivity (Wildman–Crippen MR) is 91.7 cm³/mol. The number of hydrogen-bond acceptors (Lipinski definition) is 2. The van der Waals surface area contributed by atoms with Gasteiger partial charge in [-0.3, -0.25) is 0 Å². The van der Waals surface area contributed by atoms with Crippen LogP contribution in [0.15, 0.2) is 18.2 Å². The van der Waals surface area contributed by atoms with E-state index in [4.69, 9.17) is 0 Å². The summed E-state index contributed by atoms with van der Waals surface area (Å²) in [4.78, 5) is 2.64. The molecule has 1 heterocycles. The largest absolute Gasteiger partial charge is 0.309 e. The van der Waals surface area contributed by atoms with Crippen LogP contribution >= 0.6 is 0 Å².